The minimum absolute atomic E-state index is 0.110. The standard InChI is InChI=1S/C18H17NO/c20-17-12-7-13-19(14-15-8-3-1-4-9-15)18(17)16-10-5-2-6-11-16/h1-13,18,20H,14H2. The van der Waals surface area contributed by atoms with Crippen molar-refractivity contribution in [3.63, 3.8) is 0 Å². The first-order valence-corrected chi connectivity index (χ1v) is 6.76. The minimum Gasteiger partial charge on any atom is -0.510 e. The van der Waals surface area contributed by atoms with Gasteiger partial charge in [0.15, 0.2) is 0 Å². The monoisotopic (exact) mass is 263 g/mol. The highest BCUT2D eigenvalue weighted by Gasteiger charge is 2.23. The van der Waals surface area contributed by atoms with Crippen LogP contribution in [-0.2, 0) is 6.54 Å². The van der Waals surface area contributed by atoms with Crippen LogP contribution in [-0.4, -0.2) is 10.0 Å². The second-order valence-corrected chi connectivity index (χ2v) is 4.90. The van der Waals surface area contributed by atoms with Crippen LogP contribution in [0.4, 0.5) is 0 Å². The van der Waals surface area contributed by atoms with Gasteiger partial charge in [-0.2, -0.15) is 0 Å². The highest BCUT2D eigenvalue weighted by Crippen LogP contribution is 2.31. The maximum Gasteiger partial charge on any atom is 0.119 e. The normalized spacial score (nSPS) is 17.9. The number of benzene rings is 2. The molecule has 0 aromatic heterocycles. The summed E-state index contributed by atoms with van der Waals surface area (Å²) < 4.78 is 0. The Hall–Kier alpha value is -2.48. The number of rotatable bonds is 3. The van der Waals surface area contributed by atoms with Gasteiger partial charge in [-0.1, -0.05) is 60.7 Å². The molecule has 2 aromatic carbocycles. The van der Waals surface area contributed by atoms with E-state index in [1.54, 1.807) is 6.08 Å². The Labute approximate surface area is 119 Å². The average molecular weight is 263 g/mol. The number of aliphatic hydroxyl groups excluding tert-OH is 1. The van der Waals surface area contributed by atoms with Crippen LogP contribution >= 0.6 is 0 Å². The molecular weight excluding hydrogens is 246 g/mol. The van der Waals surface area contributed by atoms with E-state index in [-0.39, 0.29) is 6.04 Å². The quantitative estimate of drug-likeness (QED) is 0.897. The molecule has 0 spiro atoms. The number of hydrogen-bond donors (Lipinski definition) is 1. The molecule has 0 aliphatic carbocycles. The maximum atomic E-state index is 10.2. The van der Waals surface area contributed by atoms with Gasteiger partial charge in [0.25, 0.3) is 0 Å². The highest BCUT2D eigenvalue weighted by atomic mass is 16.3. The molecule has 2 heteroatoms. The van der Waals surface area contributed by atoms with Crippen LogP contribution in [0.5, 0.6) is 0 Å². The molecule has 1 N–H and O–H groups in total. The summed E-state index contributed by atoms with van der Waals surface area (Å²) >= 11 is 0. The summed E-state index contributed by atoms with van der Waals surface area (Å²) in [6.45, 7) is 0.773. The smallest absolute Gasteiger partial charge is 0.119 e. The third-order valence-electron chi connectivity index (χ3n) is 3.48. The van der Waals surface area contributed by atoms with Crippen molar-refractivity contribution < 1.29 is 5.11 Å². The summed E-state index contributed by atoms with van der Waals surface area (Å²) in [7, 11) is 0. The molecule has 3 rings (SSSR count). The molecule has 0 bridgehead atoms. The summed E-state index contributed by atoms with van der Waals surface area (Å²) in [5.41, 5.74) is 2.33. The Morgan fingerprint density at radius 1 is 0.900 bits per heavy atom. The number of nitrogens with zero attached hydrogens (tertiary/aromatic N) is 1. The van der Waals surface area contributed by atoms with Crippen molar-refractivity contribution >= 4 is 0 Å². The number of allylic oxidation sites excluding steroid dienone is 2. The summed E-state index contributed by atoms with van der Waals surface area (Å²) in [4.78, 5) is 2.15. The van der Waals surface area contributed by atoms with E-state index in [1.165, 1.54) is 5.56 Å². The maximum absolute atomic E-state index is 10.2. The van der Waals surface area contributed by atoms with Gasteiger partial charge in [0.1, 0.15) is 11.8 Å². The molecule has 100 valence electrons. The summed E-state index contributed by atoms with van der Waals surface area (Å²) in [6.07, 6.45) is 5.68. The molecule has 0 saturated carbocycles. The Kier molecular flexibility index (Phi) is 3.55. The van der Waals surface area contributed by atoms with Crippen molar-refractivity contribution in [2.45, 2.75) is 12.6 Å². The van der Waals surface area contributed by atoms with Gasteiger partial charge in [0, 0.05) is 12.7 Å². The van der Waals surface area contributed by atoms with Crippen LogP contribution in [0, 0.1) is 0 Å². The van der Waals surface area contributed by atoms with E-state index in [1.807, 2.05) is 60.8 Å². The van der Waals surface area contributed by atoms with Gasteiger partial charge in [0.05, 0.1) is 0 Å². The van der Waals surface area contributed by atoms with E-state index < -0.39 is 0 Å². The fraction of sp³-hybridized carbons (Fsp3) is 0.111. The van der Waals surface area contributed by atoms with Crippen LogP contribution in [0.25, 0.3) is 0 Å². The van der Waals surface area contributed by atoms with E-state index in [4.69, 9.17) is 0 Å². The first-order chi connectivity index (χ1) is 9.84. The Bertz CT molecular complexity index is 616. The van der Waals surface area contributed by atoms with Gasteiger partial charge in [0.2, 0.25) is 0 Å². The van der Waals surface area contributed by atoms with E-state index in [2.05, 4.69) is 17.0 Å². The van der Waals surface area contributed by atoms with Crippen molar-refractivity contribution in [2.24, 2.45) is 0 Å². The summed E-state index contributed by atoms with van der Waals surface area (Å²) in [5, 5.41) is 10.2. The van der Waals surface area contributed by atoms with Crippen LogP contribution in [0.3, 0.4) is 0 Å². The van der Waals surface area contributed by atoms with Crippen LogP contribution in [0.15, 0.2) is 84.8 Å². The lowest BCUT2D eigenvalue weighted by atomic mass is 10.0. The molecule has 0 radical (unpaired) electrons. The van der Waals surface area contributed by atoms with Crippen molar-refractivity contribution in [1.29, 1.82) is 0 Å². The van der Waals surface area contributed by atoms with Crippen LogP contribution < -0.4 is 0 Å². The topological polar surface area (TPSA) is 23.5 Å². The van der Waals surface area contributed by atoms with Gasteiger partial charge in [-0.3, -0.25) is 0 Å². The van der Waals surface area contributed by atoms with Gasteiger partial charge >= 0.3 is 0 Å². The minimum atomic E-state index is -0.110. The van der Waals surface area contributed by atoms with E-state index in [0.717, 1.165) is 12.1 Å². The largest absolute Gasteiger partial charge is 0.510 e. The number of hydrogen-bond acceptors (Lipinski definition) is 2. The molecule has 0 amide bonds. The third-order valence-corrected chi connectivity index (χ3v) is 3.48. The number of aliphatic hydroxyl groups is 1. The van der Waals surface area contributed by atoms with Crippen LogP contribution in [0.2, 0.25) is 0 Å². The second kappa shape index (κ2) is 5.66. The molecule has 1 heterocycles. The Morgan fingerprint density at radius 3 is 2.25 bits per heavy atom. The molecule has 0 saturated heterocycles. The SMILES string of the molecule is OC1=CC=CN(Cc2ccccc2)C1c1ccccc1. The Balaban J connectivity index is 1.89. The van der Waals surface area contributed by atoms with Crippen molar-refractivity contribution in [1.82, 2.24) is 4.90 Å². The zero-order valence-corrected chi connectivity index (χ0v) is 11.2. The van der Waals surface area contributed by atoms with Gasteiger partial charge in [-0.15, -0.1) is 0 Å². The van der Waals surface area contributed by atoms with Crippen molar-refractivity contribution in [3.05, 3.63) is 95.9 Å². The molecule has 2 aromatic rings. The fourth-order valence-corrected chi connectivity index (χ4v) is 2.54. The average Bonchev–Trinajstić information content (AvgIpc) is 2.49. The van der Waals surface area contributed by atoms with Gasteiger partial charge in [-0.25, -0.2) is 0 Å². The first-order valence-electron chi connectivity index (χ1n) is 6.76. The highest BCUT2D eigenvalue weighted by molar-refractivity contribution is 5.31. The van der Waals surface area contributed by atoms with Crippen LogP contribution in [0.1, 0.15) is 17.2 Å². The third kappa shape index (κ3) is 2.59. The lowest BCUT2D eigenvalue weighted by Crippen LogP contribution is -2.26. The molecule has 1 unspecified atom stereocenters. The summed E-state index contributed by atoms with van der Waals surface area (Å²) in [5.74, 6) is 0.384. The predicted molar refractivity (Wildman–Crippen MR) is 81.0 cm³/mol. The first kappa shape index (κ1) is 12.5. The Morgan fingerprint density at radius 2 is 1.55 bits per heavy atom. The van der Waals surface area contributed by atoms with Crippen molar-refractivity contribution in [3.8, 4) is 0 Å². The van der Waals surface area contributed by atoms with E-state index in [9.17, 15) is 5.11 Å². The lowest BCUT2D eigenvalue weighted by molar-refractivity contribution is 0.223. The lowest BCUT2D eigenvalue weighted by Gasteiger charge is -2.32. The molecule has 20 heavy (non-hydrogen) atoms. The molecule has 2 nitrogen and oxygen atoms in total. The zero-order valence-electron chi connectivity index (χ0n) is 11.2. The van der Waals surface area contributed by atoms with E-state index >= 15 is 0 Å². The van der Waals surface area contributed by atoms with Gasteiger partial charge in [-0.05, 0) is 23.3 Å². The molecule has 0 fully saturated rings. The molecule has 1 atom stereocenters. The second-order valence-electron chi connectivity index (χ2n) is 4.90. The van der Waals surface area contributed by atoms with E-state index in [0.29, 0.717) is 5.76 Å². The fourth-order valence-electron chi connectivity index (χ4n) is 2.54. The molecular formula is C18H17NO. The molecule has 1 aliphatic rings. The zero-order chi connectivity index (χ0) is 13.8. The van der Waals surface area contributed by atoms with Crippen molar-refractivity contribution in [2.75, 3.05) is 0 Å². The van der Waals surface area contributed by atoms with Gasteiger partial charge < -0.3 is 10.0 Å². The predicted octanol–water partition coefficient (Wildman–Crippen LogP) is 4.20. The molecule has 1 aliphatic heterocycles. The summed E-state index contributed by atoms with van der Waals surface area (Å²) in [6, 6.07) is 20.3.